The van der Waals surface area contributed by atoms with Gasteiger partial charge in [-0.15, -0.1) is 11.8 Å². The second kappa shape index (κ2) is 6.76. The molecule has 0 spiro atoms. The predicted molar refractivity (Wildman–Crippen MR) is 79.0 cm³/mol. The number of carbonyl (C=O) groups is 2. The second-order valence-corrected chi connectivity index (χ2v) is 5.75. The van der Waals surface area contributed by atoms with Crippen LogP contribution in [0.1, 0.15) is 0 Å². The number of nitrogens with zero attached hydrogens (tertiary/aromatic N) is 2. The molecule has 5 nitrogen and oxygen atoms in total. The van der Waals surface area contributed by atoms with Gasteiger partial charge >= 0.3 is 5.97 Å². The number of carbonyl (C=O) groups excluding carboxylic acids is 2. The highest BCUT2D eigenvalue weighted by Gasteiger charge is 2.23. The van der Waals surface area contributed by atoms with Crippen LogP contribution in [0.2, 0.25) is 0 Å². The number of fused-ring (bicyclic) bond motifs is 1. The highest BCUT2D eigenvalue weighted by molar-refractivity contribution is 7.99. The first kappa shape index (κ1) is 14.9. The normalized spacial score (nSPS) is 14.1. The van der Waals surface area contributed by atoms with Crippen molar-refractivity contribution in [2.45, 2.75) is 4.90 Å². The Morgan fingerprint density at radius 2 is 2.10 bits per heavy atom. The first-order valence-corrected chi connectivity index (χ1v) is 7.38. The lowest BCUT2D eigenvalue weighted by Gasteiger charge is -2.30. The number of rotatable bonds is 4. The molecule has 1 heterocycles. The number of para-hydroxylation sites is 1. The van der Waals surface area contributed by atoms with Gasteiger partial charge in [-0.05, 0) is 19.2 Å². The van der Waals surface area contributed by atoms with Crippen molar-refractivity contribution in [2.75, 3.05) is 44.4 Å². The summed E-state index contributed by atoms with van der Waals surface area (Å²) in [5.74, 6) is 0.558. The largest absolute Gasteiger partial charge is 0.468 e. The van der Waals surface area contributed by atoms with Crippen LogP contribution in [-0.4, -0.2) is 56.3 Å². The fourth-order valence-corrected chi connectivity index (χ4v) is 3.08. The van der Waals surface area contributed by atoms with Crippen molar-refractivity contribution in [1.82, 2.24) is 4.90 Å². The van der Waals surface area contributed by atoms with Crippen LogP contribution in [0.15, 0.2) is 29.2 Å². The Morgan fingerprint density at radius 3 is 2.85 bits per heavy atom. The minimum atomic E-state index is -0.338. The standard InChI is InChI=1S/C14H18N2O3S/c1-15(10-14(18)19-2)9-13(17)16-7-8-20-12-6-4-3-5-11(12)16/h3-6H,7-10H2,1-2H3. The number of likely N-dealkylation sites (N-methyl/N-ethyl adjacent to an activating group) is 1. The Morgan fingerprint density at radius 1 is 1.35 bits per heavy atom. The van der Waals surface area contributed by atoms with Crippen LogP contribution >= 0.6 is 11.8 Å². The number of methoxy groups -OCH3 is 1. The minimum Gasteiger partial charge on any atom is -0.468 e. The highest BCUT2D eigenvalue weighted by atomic mass is 32.2. The molecule has 1 aliphatic rings. The number of amides is 1. The van der Waals surface area contributed by atoms with Gasteiger partial charge in [-0.25, -0.2) is 0 Å². The van der Waals surface area contributed by atoms with E-state index < -0.39 is 0 Å². The summed E-state index contributed by atoms with van der Waals surface area (Å²) < 4.78 is 4.60. The average molecular weight is 294 g/mol. The van der Waals surface area contributed by atoms with Gasteiger partial charge in [0.25, 0.3) is 0 Å². The molecule has 1 aliphatic heterocycles. The number of thioether (sulfide) groups is 1. The van der Waals surface area contributed by atoms with Gasteiger partial charge in [0, 0.05) is 17.2 Å². The molecule has 6 heteroatoms. The summed E-state index contributed by atoms with van der Waals surface area (Å²) in [6.07, 6.45) is 0. The first-order valence-electron chi connectivity index (χ1n) is 6.39. The van der Waals surface area contributed by atoms with Crippen LogP contribution in [0.4, 0.5) is 5.69 Å². The molecule has 0 N–H and O–H groups in total. The molecule has 0 aliphatic carbocycles. The first-order chi connectivity index (χ1) is 9.61. The molecule has 0 radical (unpaired) electrons. The molecule has 2 rings (SSSR count). The minimum absolute atomic E-state index is 0.00385. The fraction of sp³-hybridized carbons (Fsp3) is 0.429. The summed E-state index contributed by atoms with van der Waals surface area (Å²) in [7, 11) is 3.08. The summed E-state index contributed by atoms with van der Waals surface area (Å²) in [5.41, 5.74) is 0.959. The van der Waals surface area contributed by atoms with Crippen LogP contribution in [0.3, 0.4) is 0 Å². The molecular weight excluding hydrogens is 276 g/mol. The van der Waals surface area contributed by atoms with Gasteiger partial charge in [0.05, 0.1) is 25.9 Å². The van der Waals surface area contributed by atoms with Gasteiger partial charge in [0.1, 0.15) is 0 Å². The van der Waals surface area contributed by atoms with E-state index in [1.165, 1.54) is 7.11 Å². The summed E-state index contributed by atoms with van der Waals surface area (Å²) in [5, 5.41) is 0. The van der Waals surface area contributed by atoms with Crippen molar-refractivity contribution in [3.8, 4) is 0 Å². The number of anilines is 1. The third-order valence-electron chi connectivity index (χ3n) is 3.06. The topological polar surface area (TPSA) is 49.9 Å². The zero-order valence-corrected chi connectivity index (χ0v) is 12.5. The van der Waals surface area contributed by atoms with Crippen molar-refractivity contribution in [3.63, 3.8) is 0 Å². The molecule has 0 saturated heterocycles. The molecule has 0 unspecified atom stereocenters. The van der Waals surface area contributed by atoms with Crippen LogP contribution in [0.5, 0.6) is 0 Å². The maximum absolute atomic E-state index is 12.4. The van der Waals surface area contributed by atoms with Crippen LogP contribution in [0, 0.1) is 0 Å². The average Bonchev–Trinajstić information content (AvgIpc) is 2.46. The third kappa shape index (κ3) is 3.52. The number of hydrogen-bond donors (Lipinski definition) is 0. The van der Waals surface area contributed by atoms with E-state index in [0.717, 1.165) is 16.3 Å². The van der Waals surface area contributed by atoms with Crippen molar-refractivity contribution >= 4 is 29.3 Å². The molecule has 0 aromatic heterocycles. The van der Waals surface area contributed by atoms with Gasteiger partial charge in [-0.1, -0.05) is 12.1 Å². The molecule has 0 atom stereocenters. The van der Waals surface area contributed by atoms with E-state index in [1.54, 1.807) is 28.6 Å². The van der Waals surface area contributed by atoms with Gasteiger partial charge < -0.3 is 9.64 Å². The predicted octanol–water partition coefficient (Wildman–Crippen LogP) is 1.23. The lowest BCUT2D eigenvalue weighted by Crippen LogP contribution is -2.43. The van der Waals surface area contributed by atoms with E-state index in [2.05, 4.69) is 4.74 Å². The van der Waals surface area contributed by atoms with E-state index in [1.807, 2.05) is 24.3 Å². The summed E-state index contributed by atoms with van der Waals surface area (Å²) in [4.78, 5) is 28.1. The second-order valence-electron chi connectivity index (χ2n) is 4.61. The van der Waals surface area contributed by atoms with E-state index in [9.17, 15) is 9.59 Å². The third-order valence-corrected chi connectivity index (χ3v) is 4.10. The molecule has 0 bridgehead atoms. The summed E-state index contributed by atoms with van der Waals surface area (Å²) in [6, 6.07) is 7.89. The van der Waals surface area contributed by atoms with Crippen LogP contribution in [0.25, 0.3) is 0 Å². The lowest BCUT2D eigenvalue weighted by atomic mass is 10.2. The van der Waals surface area contributed by atoms with E-state index in [4.69, 9.17) is 0 Å². The van der Waals surface area contributed by atoms with Gasteiger partial charge in [-0.3, -0.25) is 14.5 Å². The lowest BCUT2D eigenvalue weighted by molar-refractivity contribution is -0.141. The van der Waals surface area contributed by atoms with Crippen molar-refractivity contribution in [2.24, 2.45) is 0 Å². The number of hydrogen-bond acceptors (Lipinski definition) is 5. The zero-order chi connectivity index (χ0) is 14.5. The molecule has 20 heavy (non-hydrogen) atoms. The Labute approximate surface area is 122 Å². The molecule has 0 saturated carbocycles. The van der Waals surface area contributed by atoms with Crippen molar-refractivity contribution in [3.05, 3.63) is 24.3 Å². The maximum Gasteiger partial charge on any atom is 0.319 e. The fourth-order valence-electron chi connectivity index (χ4n) is 2.09. The highest BCUT2D eigenvalue weighted by Crippen LogP contribution is 2.34. The molecule has 1 aromatic carbocycles. The maximum atomic E-state index is 12.4. The quantitative estimate of drug-likeness (QED) is 0.782. The number of esters is 1. The zero-order valence-electron chi connectivity index (χ0n) is 11.7. The van der Waals surface area contributed by atoms with Gasteiger partial charge in [0.15, 0.2) is 0 Å². The van der Waals surface area contributed by atoms with Crippen LogP contribution in [-0.2, 0) is 14.3 Å². The Balaban J connectivity index is 2.02. The van der Waals surface area contributed by atoms with E-state index in [-0.39, 0.29) is 25.0 Å². The number of ether oxygens (including phenoxy) is 1. The smallest absolute Gasteiger partial charge is 0.319 e. The summed E-state index contributed by atoms with van der Waals surface area (Å²) >= 11 is 1.76. The van der Waals surface area contributed by atoms with E-state index in [0.29, 0.717) is 6.54 Å². The molecule has 1 amide bonds. The molecule has 0 fully saturated rings. The molecule has 108 valence electrons. The Bertz CT molecular complexity index is 507. The Kier molecular flexibility index (Phi) is 5.03. The van der Waals surface area contributed by atoms with Crippen molar-refractivity contribution in [1.29, 1.82) is 0 Å². The Hall–Kier alpha value is -1.53. The van der Waals surface area contributed by atoms with Gasteiger partial charge in [-0.2, -0.15) is 0 Å². The molecule has 1 aromatic rings. The monoisotopic (exact) mass is 294 g/mol. The number of benzene rings is 1. The van der Waals surface area contributed by atoms with Crippen LogP contribution < -0.4 is 4.90 Å². The molecular formula is C14H18N2O3S. The SMILES string of the molecule is COC(=O)CN(C)CC(=O)N1CCSc2ccccc21. The van der Waals surface area contributed by atoms with Gasteiger partial charge in [0.2, 0.25) is 5.91 Å². The summed E-state index contributed by atoms with van der Waals surface area (Å²) in [6.45, 7) is 1.02. The van der Waals surface area contributed by atoms with Crippen molar-refractivity contribution < 1.29 is 14.3 Å². The van der Waals surface area contributed by atoms with E-state index >= 15 is 0 Å².